The van der Waals surface area contributed by atoms with Gasteiger partial charge in [-0.3, -0.25) is 9.59 Å². The Morgan fingerprint density at radius 3 is 2.86 bits per heavy atom. The van der Waals surface area contributed by atoms with Crippen molar-refractivity contribution in [3.63, 3.8) is 0 Å². The average molecular weight is 289 g/mol. The van der Waals surface area contributed by atoms with Crippen LogP contribution in [0.1, 0.15) is 18.4 Å². The van der Waals surface area contributed by atoms with E-state index in [-0.39, 0.29) is 12.3 Å². The largest absolute Gasteiger partial charge is 0.481 e. The fourth-order valence-electron chi connectivity index (χ4n) is 2.21. The van der Waals surface area contributed by atoms with Crippen LogP contribution >= 0.6 is 0 Å². The van der Waals surface area contributed by atoms with Gasteiger partial charge in [0.25, 0.3) is 0 Å². The molecular weight excluding hydrogens is 270 g/mol. The van der Waals surface area contributed by atoms with E-state index < -0.39 is 12.0 Å². The first-order valence-electron chi connectivity index (χ1n) is 6.88. The molecule has 0 aliphatic heterocycles. The van der Waals surface area contributed by atoms with Crippen molar-refractivity contribution in [1.82, 2.24) is 10.3 Å². The van der Waals surface area contributed by atoms with Crippen LogP contribution in [0, 0.1) is 0 Å². The number of hydrogen-bond acceptors (Lipinski definition) is 3. The van der Waals surface area contributed by atoms with E-state index in [2.05, 4.69) is 10.3 Å². The number of amides is 1. The number of H-pyrrole nitrogens is 1. The van der Waals surface area contributed by atoms with Crippen molar-refractivity contribution in [2.45, 2.75) is 25.3 Å². The number of carboxylic acid groups (broad SMARTS) is 1. The maximum absolute atomic E-state index is 11.9. The van der Waals surface area contributed by atoms with Gasteiger partial charge in [-0.05, 0) is 24.5 Å². The lowest BCUT2D eigenvalue weighted by Gasteiger charge is -2.11. The number of carbonyl (C=O) groups is 2. The minimum Gasteiger partial charge on any atom is -0.481 e. The highest BCUT2D eigenvalue weighted by atomic mass is 16.4. The highest BCUT2D eigenvalue weighted by molar-refractivity contribution is 5.86. The number of nitrogens with two attached hydrogens (primary N) is 1. The molecule has 0 saturated heterocycles. The van der Waals surface area contributed by atoms with Crippen LogP contribution in [0.3, 0.4) is 0 Å². The van der Waals surface area contributed by atoms with Gasteiger partial charge in [0, 0.05) is 30.1 Å². The number of aromatic nitrogens is 1. The van der Waals surface area contributed by atoms with Gasteiger partial charge in [0.1, 0.15) is 0 Å². The molecule has 6 nitrogen and oxygen atoms in total. The number of benzene rings is 1. The minimum absolute atomic E-state index is 0.0396. The quantitative estimate of drug-likeness (QED) is 0.571. The molecule has 0 spiro atoms. The molecule has 0 fully saturated rings. The third-order valence-corrected chi connectivity index (χ3v) is 3.32. The molecule has 0 bridgehead atoms. The van der Waals surface area contributed by atoms with Crippen LogP contribution in [0.4, 0.5) is 0 Å². The van der Waals surface area contributed by atoms with Gasteiger partial charge in [0.2, 0.25) is 5.91 Å². The van der Waals surface area contributed by atoms with E-state index in [0.29, 0.717) is 19.4 Å². The van der Waals surface area contributed by atoms with E-state index in [0.717, 1.165) is 16.5 Å². The Bertz CT molecular complexity index is 636. The molecule has 6 heteroatoms. The van der Waals surface area contributed by atoms with Crippen molar-refractivity contribution in [1.29, 1.82) is 0 Å². The maximum atomic E-state index is 11.9. The van der Waals surface area contributed by atoms with E-state index in [4.69, 9.17) is 10.8 Å². The highest BCUT2D eigenvalue weighted by Gasteiger charge is 2.15. The van der Waals surface area contributed by atoms with Gasteiger partial charge >= 0.3 is 5.97 Å². The molecule has 2 rings (SSSR count). The summed E-state index contributed by atoms with van der Waals surface area (Å²) in [5.41, 5.74) is 7.91. The molecule has 1 aromatic heterocycles. The maximum Gasteiger partial charge on any atom is 0.303 e. The van der Waals surface area contributed by atoms with E-state index >= 15 is 0 Å². The smallest absolute Gasteiger partial charge is 0.303 e. The number of fused-ring (bicyclic) bond motifs is 1. The van der Waals surface area contributed by atoms with Crippen LogP contribution in [-0.4, -0.2) is 34.6 Å². The molecule has 1 atom stereocenters. The number of carboxylic acids is 1. The Kier molecular flexibility index (Phi) is 4.94. The van der Waals surface area contributed by atoms with Crippen LogP contribution in [0.2, 0.25) is 0 Å². The molecule has 0 radical (unpaired) electrons. The van der Waals surface area contributed by atoms with Crippen LogP contribution < -0.4 is 11.1 Å². The third kappa shape index (κ3) is 4.06. The Balaban J connectivity index is 1.87. The third-order valence-electron chi connectivity index (χ3n) is 3.32. The fourth-order valence-corrected chi connectivity index (χ4v) is 2.21. The number of hydrogen-bond donors (Lipinski definition) is 4. The second-order valence-electron chi connectivity index (χ2n) is 4.96. The zero-order chi connectivity index (χ0) is 15.2. The standard InChI is InChI=1S/C15H19N3O3/c16-12(15(21)17-7-3-6-14(19)20)8-10-9-18-13-5-2-1-4-11(10)13/h1-2,4-5,9,12,18H,3,6-8,16H2,(H,17,21)(H,19,20). The van der Waals surface area contributed by atoms with Gasteiger partial charge in [-0.25, -0.2) is 0 Å². The molecule has 1 aromatic carbocycles. The molecular formula is C15H19N3O3. The summed E-state index contributed by atoms with van der Waals surface area (Å²) in [6.45, 7) is 0.326. The average Bonchev–Trinajstić information content (AvgIpc) is 2.86. The molecule has 0 aliphatic rings. The highest BCUT2D eigenvalue weighted by Crippen LogP contribution is 2.18. The monoisotopic (exact) mass is 289 g/mol. The molecule has 112 valence electrons. The predicted molar refractivity (Wildman–Crippen MR) is 79.9 cm³/mol. The molecule has 2 aromatic rings. The van der Waals surface area contributed by atoms with Crippen molar-refractivity contribution in [2.75, 3.05) is 6.54 Å². The van der Waals surface area contributed by atoms with Gasteiger partial charge in [0.15, 0.2) is 0 Å². The second-order valence-corrected chi connectivity index (χ2v) is 4.96. The zero-order valence-electron chi connectivity index (χ0n) is 11.6. The summed E-state index contributed by atoms with van der Waals surface area (Å²) < 4.78 is 0. The van der Waals surface area contributed by atoms with Gasteiger partial charge < -0.3 is 21.1 Å². The fraction of sp³-hybridized carbons (Fsp3) is 0.333. The first kappa shape index (κ1) is 15.1. The SMILES string of the molecule is NC(Cc1c[nH]c2ccccc12)C(=O)NCCCC(=O)O. The summed E-state index contributed by atoms with van der Waals surface area (Å²) in [5.74, 6) is -1.13. The predicted octanol–water partition coefficient (Wildman–Crippen LogP) is 1.02. The van der Waals surface area contributed by atoms with Crippen molar-refractivity contribution in [3.8, 4) is 0 Å². The molecule has 1 heterocycles. The van der Waals surface area contributed by atoms with E-state index in [9.17, 15) is 9.59 Å². The van der Waals surface area contributed by atoms with Gasteiger partial charge in [0.05, 0.1) is 6.04 Å². The lowest BCUT2D eigenvalue weighted by molar-refractivity contribution is -0.137. The summed E-state index contributed by atoms with van der Waals surface area (Å²) in [6, 6.07) is 7.19. The summed E-state index contributed by atoms with van der Waals surface area (Å²) in [4.78, 5) is 25.4. The summed E-state index contributed by atoms with van der Waals surface area (Å²) in [5, 5.41) is 12.2. The number of carbonyl (C=O) groups excluding carboxylic acids is 1. The molecule has 1 amide bonds. The lowest BCUT2D eigenvalue weighted by Crippen LogP contribution is -2.42. The normalized spacial score (nSPS) is 12.2. The number of aliphatic carboxylic acids is 1. The van der Waals surface area contributed by atoms with Crippen molar-refractivity contribution in [2.24, 2.45) is 5.73 Å². The number of rotatable bonds is 7. The summed E-state index contributed by atoms with van der Waals surface area (Å²) >= 11 is 0. The van der Waals surface area contributed by atoms with Crippen molar-refractivity contribution in [3.05, 3.63) is 36.0 Å². The van der Waals surface area contributed by atoms with Crippen molar-refractivity contribution < 1.29 is 14.7 Å². The summed E-state index contributed by atoms with van der Waals surface area (Å²) in [7, 11) is 0. The molecule has 0 aliphatic carbocycles. The lowest BCUT2D eigenvalue weighted by atomic mass is 10.1. The van der Waals surface area contributed by atoms with E-state index in [1.165, 1.54) is 0 Å². The number of para-hydroxylation sites is 1. The molecule has 21 heavy (non-hydrogen) atoms. The topological polar surface area (TPSA) is 108 Å². The first-order valence-corrected chi connectivity index (χ1v) is 6.88. The Morgan fingerprint density at radius 2 is 2.10 bits per heavy atom. The van der Waals surface area contributed by atoms with Crippen LogP contribution in [-0.2, 0) is 16.0 Å². The van der Waals surface area contributed by atoms with Crippen LogP contribution in [0.15, 0.2) is 30.5 Å². The Morgan fingerprint density at radius 1 is 1.33 bits per heavy atom. The minimum atomic E-state index is -0.868. The van der Waals surface area contributed by atoms with Gasteiger partial charge in [-0.2, -0.15) is 0 Å². The summed E-state index contributed by atoms with van der Waals surface area (Å²) in [6.07, 6.45) is 2.75. The molecule has 0 saturated carbocycles. The second kappa shape index (κ2) is 6.90. The molecule has 1 unspecified atom stereocenters. The number of aromatic amines is 1. The van der Waals surface area contributed by atoms with Crippen LogP contribution in [0.5, 0.6) is 0 Å². The first-order chi connectivity index (χ1) is 10.1. The van der Waals surface area contributed by atoms with E-state index in [1.54, 1.807) is 0 Å². The Labute approximate surface area is 122 Å². The number of nitrogens with one attached hydrogen (secondary N) is 2. The van der Waals surface area contributed by atoms with Crippen LogP contribution in [0.25, 0.3) is 10.9 Å². The van der Waals surface area contributed by atoms with Gasteiger partial charge in [-0.1, -0.05) is 18.2 Å². The van der Waals surface area contributed by atoms with E-state index in [1.807, 2.05) is 30.5 Å². The van der Waals surface area contributed by atoms with Crippen molar-refractivity contribution >= 4 is 22.8 Å². The van der Waals surface area contributed by atoms with Gasteiger partial charge in [-0.15, -0.1) is 0 Å². The molecule has 5 N–H and O–H groups in total. The Hall–Kier alpha value is -2.34. The zero-order valence-corrected chi connectivity index (χ0v) is 11.6.